The third kappa shape index (κ3) is 3.83. The van der Waals surface area contributed by atoms with Gasteiger partial charge in [-0.25, -0.2) is 4.98 Å². The van der Waals surface area contributed by atoms with Crippen LogP contribution in [-0.2, 0) is 16.6 Å². The highest BCUT2D eigenvalue weighted by Crippen LogP contribution is 2.35. The third-order valence-electron chi connectivity index (χ3n) is 4.48. The molecule has 1 fully saturated rings. The maximum absolute atomic E-state index is 12.8. The van der Waals surface area contributed by atoms with Gasteiger partial charge in [0, 0.05) is 29.7 Å². The number of amides is 1. The second-order valence-corrected chi connectivity index (χ2v) is 8.35. The van der Waals surface area contributed by atoms with Gasteiger partial charge in [0.1, 0.15) is 5.01 Å². The Morgan fingerprint density at radius 1 is 1.38 bits per heavy atom. The van der Waals surface area contributed by atoms with E-state index in [1.165, 1.54) is 0 Å². The van der Waals surface area contributed by atoms with Gasteiger partial charge in [-0.2, -0.15) is 0 Å². The van der Waals surface area contributed by atoms with Crippen molar-refractivity contribution in [3.05, 3.63) is 46.2 Å². The molecule has 1 amide bonds. The van der Waals surface area contributed by atoms with Gasteiger partial charge < -0.3 is 4.90 Å². The summed E-state index contributed by atoms with van der Waals surface area (Å²) in [5.74, 6) is 0.181. The van der Waals surface area contributed by atoms with Gasteiger partial charge in [-0.05, 0) is 30.9 Å². The molecule has 0 aliphatic carbocycles. The van der Waals surface area contributed by atoms with Crippen LogP contribution in [0.1, 0.15) is 62.3 Å². The zero-order valence-electron chi connectivity index (χ0n) is 14.7. The van der Waals surface area contributed by atoms with E-state index >= 15 is 0 Å². The Labute approximate surface area is 147 Å². The van der Waals surface area contributed by atoms with Crippen molar-refractivity contribution in [2.24, 2.45) is 0 Å². The van der Waals surface area contributed by atoms with Gasteiger partial charge in [0.15, 0.2) is 0 Å². The average Bonchev–Trinajstić information content (AvgIpc) is 3.06. The van der Waals surface area contributed by atoms with Crippen LogP contribution in [0.5, 0.6) is 0 Å². The van der Waals surface area contributed by atoms with Crippen LogP contribution in [0.15, 0.2) is 29.9 Å². The van der Waals surface area contributed by atoms with Crippen LogP contribution in [0.2, 0.25) is 0 Å². The van der Waals surface area contributed by atoms with Crippen LogP contribution in [-0.4, -0.2) is 27.3 Å². The zero-order chi connectivity index (χ0) is 17.2. The maximum atomic E-state index is 12.8. The molecule has 0 saturated carbocycles. The predicted molar refractivity (Wildman–Crippen MR) is 97.1 cm³/mol. The highest BCUT2D eigenvalue weighted by atomic mass is 32.1. The normalized spacial score (nSPS) is 18.6. The lowest BCUT2D eigenvalue weighted by atomic mass is 9.93. The number of rotatable bonds is 3. The van der Waals surface area contributed by atoms with Crippen LogP contribution in [0.3, 0.4) is 0 Å². The lowest BCUT2D eigenvalue weighted by Crippen LogP contribution is -2.39. The molecule has 1 aliphatic rings. The van der Waals surface area contributed by atoms with E-state index in [1.807, 2.05) is 17.0 Å². The summed E-state index contributed by atoms with van der Waals surface area (Å²) >= 11 is 1.69. The van der Waals surface area contributed by atoms with E-state index in [1.54, 1.807) is 23.7 Å². The topological polar surface area (TPSA) is 46.1 Å². The molecule has 2 aromatic rings. The van der Waals surface area contributed by atoms with Gasteiger partial charge in [-0.1, -0.05) is 26.8 Å². The number of piperidine rings is 1. The Morgan fingerprint density at radius 3 is 2.88 bits per heavy atom. The molecule has 0 spiro atoms. The molecule has 0 bridgehead atoms. The van der Waals surface area contributed by atoms with Crippen LogP contribution >= 0.6 is 11.3 Å². The summed E-state index contributed by atoms with van der Waals surface area (Å²) in [7, 11) is 0. The molecule has 0 radical (unpaired) electrons. The first-order chi connectivity index (χ1) is 11.4. The van der Waals surface area contributed by atoms with E-state index in [2.05, 4.69) is 31.1 Å². The lowest BCUT2D eigenvalue weighted by molar-refractivity contribution is -0.134. The van der Waals surface area contributed by atoms with Crippen molar-refractivity contribution >= 4 is 17.2 Å². The molecule has 0 unspecified atom stereocenters. The van der Waals surface area contributed by atoms with E-state index in [4.69, 9.17) is 4.98 Å². The fourth-order valence-corrected chi connectivity index (χ4v) is 4.24. The first kappa shape index (κ1) is 17.1. The van der Waals surface area contributed by atoms with Crippen molar-refractivity contribution < 1.29 is 4.79 Å². The fraction of sp³-hybridized carbons (Fsp3) is 0.526. The van der Waals surface area contributed by atoms with Gasteiger partial charge in [0.2, 0.25) is 5.91 Å². The number of nitrogens with zero attached hydrogens (tertiary/aromatic N) is 3. The van der Waals surface area contributed by atoms with Gasteiger partial charge >= 0.3 is 0 Å². The molecule has 0 N–H and O–H groups in total. The first-order valence-electron chi connectivity index (χ1n) is 8.59. The van der Waals surface area contributed by atoms with Gasteiger partial charge in [0.25, 0.3) is 0 Å². The molecule has 0 aromatic carbocycles. The summed E-state index contributed by atoms with van der Waals surface area (Å²) in [6.07, 6.45) is 7.18. The maximum Gasteiger partial charge on any atom is 0.227 e. The molecule has 4 nitrogen and oxygen atoms in total. The Hall–Kier alpha value is -1.75. The summed E-state index contributed by atoms with van der Waals surface area (Å²) in [5.41, 5.74) is 2.14. The SMILES string of the molecule is CC(C)(C)c1csc([C@@H]2CCCCN2C(=O)Cc2cccnc2)n1. The van der Waals surface area contributed by atoms with Crippen molar-refractivity contribution in [3.8, 4) is 0 Å². The van der Waals surface area contributed by atoms with Crippen LogP contribution in [0, 0.1) is 0 Å². The van der Waals surface area contributed by atoms with Crippen molar-refractivity contribution in [2.45, 2.75) is 57.9 Å². The van der Waals surface area contributed by atoms with Gasteiger partial charge in [-0.3, -0.25) is 9.78 Å². The van der Waals surface area contributed by atoms with Crippen LogP contribution in [0.4, 0.5) is 0 Å². The van der Waals surface area contributed by atoms with E-state index < -0.39 is 0 Å². The molecule has 128 valence electrons. The highest BCUT2D eigenvalue weighted by Gasteiger charge is 2.31. The lowest BCUT2D eigenvalue weighted by Gasteiger charge is -2.34. The monoisotopic (exact) mass is 343 g/mol. The number of hydrogen-bond acceptors (Lipinski definition) is 4. The number of carbonyl (C=O) groups is 1. The van der Waals surface area contributed by atoms with Gasteiger partial charge in [-0.15, -0.1) is 11.3 Å². The largest absolute Gasteiger partial charge is 0.333 e. The highest BCUT2D eigenvalue weighted by molar-refractivity contribution is 7.09. The summed E-state index contributed by atoms with van der Waals surface area (Å²) in [4.78, 5) is 23.8. The summed E-state index contributed by atoms with van der Waals surface area (Å²) in [5, 5.41) is 3.23. The second-order valence-electron chi connectivity index (χ2n) is 7.46. The average molecular weight is 343 g/mol. The number of thiazole rings is 1. The number of aromatic nitrogens is 2. The molecular formula is C19H25N3OS. The number of hydrogen-bond donors (Lipinski definition) is 0. The number of likely N-dealkylation sites (tertiary alicyclic amines) is 1. The summed E-state index contributed by atoms with van der Waals surface area (Å²) < 4.78 is 0. The van der Waals surface area contributed by atoms with Crippen molar-refractivity contribution in [2.75, 3.05) is 6.54 Å². The summed E-state index contributed by atoms with van der Waals surface area (Å²) in [6.45, 7) is 7.36. The zero-order valence-corrected chi connectivity index (χ0v) is 15.5. The molecule has 1 aliphatic heterocycles. The molecule has 1 atom stereocenters. The third-order valence-corrected chi connectivity index (χ3v) is 5.42. The van der Waals surface area contributed by atoms with E-state index in [0.717, 1.165) is 42.1 Å². The summed E-state index contributed by atoms with van der Waals surface area (Å²) in [6, 6.07) is 3.97. The standard InChI is InChI=1S/C19H25N3OS/c1-19(2,3)16-13-24-18(21-16)15-8-4-5-10-22(15)17(23)11-14-7-6-9-20-12-14/h6-7,9,12-13,15H,4-5,8,10-11H2,1-3H3/t15-/m0/s1. The molecular weight excluding hydrogens is 318 g/mol. The van der Waals surface area contributed by atoms with E-state index in [-0.39, 0.29) is 17.4 Å². The molecule has 24 heavy (non-hydrogen) atoms. The minimum Gasteiger partial charge on any atom is -0.333 e. The molecule has 3 heterocycles. The Bertz CT molecular complexity index is 690. The Morgan fingerprint density at radius 2 is 2.21 bits per heavy atom. The van der Waals surface area contributed by atoms with E-state index in [0.29, 0.717) is 6.42 Å². The molecule has 3 rings (SSSR count). The Balaban J connectivity index is 1.78. The first-order valence-corrected chi connectivity index (χ1v) is 9.47. The quantitative estimate of drug-likeness (QED) is 0.842. The fourth-order valence-electron chi connectivity index (χ4n) is 3.05. The molecule has 2 aromatic heterocycles. The van der Waals surface area contributed by atoms with Crippen molar-refractivity contribution in [1.82, 2.24) is 14.9 Å². The number of carbonyl (C=O) groups excluding carboxylic acids is 1. The second kappa shape index (κ2) is 7.01. The van der Waals surface area contributed by atoms with E-state index in [9.17, 15) is 4.79 Å². The smallest absolute Gasteiger partial charge is 0.227 e. The number of pyridine rings is 1. The van der Waals surface area contributed by atoms with Crippen LogP contribution < -0.4 is 0 Å². The van der Waals surface area contributed by atoms with Crippen molar-refractivity contribution in [1.29, 1.82) is 0 Å². The van der Waals surface area contributed by atoms with Crippen molar-refractivity contribution in [3.63, 3.8) is 0 Å². The minimum atomic E-state index is 0.0496. The predicted octanol–water partition coefficient (Wildman–Crippen LogP) is 4.13. The Kier molecular flexibility index (Phi) is 4.99. The minimum absolute atomic E-state index is 0.0496. The molecule has 5 heteroatoms. The van der Waals surface area contributed by atoms with Gasteiger partial charge in [0.05, 0.1) is 18.2 Å². The van der Waals surface area contributed by atoms with Crippen LogP contribution in [0.25, 0.3) is 0 Å². The molecule has 1 saturated heterocycles.